The van der Waals surface area contributed by atoms with E-state index < -0.39 is 0 Å². The lowest BCUT2D eigenvalue weighted by atomic mass is 10.1. The smallest absolute Gasteiger partial charge is 0.259 e. The van der Waals surface area contributed by atoms with Gasteiger partial charge in [-0.05, 0) is 38.9 Å². The summed E-state index contributed by atoms with van der Waals surface area (Å²) < 4.78 is 1.60. The average molecular weight is 370 g/mol. The molecule has 1 amide bonds. The van der Waals surface area contributed by atoms with Gasteiger partial charge in [0.15, 0.2) is 4.96 Å². The van der Waals surface area contributed by atoms with E-state index >= 15 is 0 Å². The largest absolute Gasteiger partial charge is 0.324 e. The Labute approximate surface area is 156 Å². The van der Waals surface area contributed by atoms with Crippen LogP contribution in [0.2, 0.25) is 0 Å². The standard InChI is InChI=1S/C19H22N4O2S/c1-12-6-5-7-13(2)18(12)21-16(24)10-22(4)9-15-8-17(25)23-14(3)11-26-19(23)20-15/h5-8,11H,9-10H2,1-4H3,(H,21,24). The number of hydrogen-bond acceptors (Lipinski definition) is 5. The predicted octanol–water partition coefficient (Wildman–Crippen LogP) is 2.75. The van der Waals surface area contributed by atoms with E-state index in [2.05, 4.69) is 10.3 Å². The SMILES string of the molecule is Cc1cccc(C)c1NC(=O)CN(C)Cc1cc(=O)n2c(C)csc2n1. The average Bonchev–Trinajstić information content (AvgIpc) is 2.92. The number of anilines is 1. The molecule has 0 aliphatic carbocycles. The van der Waals surface area contributed by atoms with Crippen molar-refractivity contribution < 1.29 is 4.79 Å². The number of likely N-dealkylation sites (N-methyl/N-ethyl adjacent to an activating group) is 1. The quantitative estimate of drug-likeness (QED) is 0.750. The molecule has 6 nitrogen and oxygen atoms in total. The Balaban J connectivity index is 1.68. The summed E-state index contributed by atoms with van der Waals surface area (Å²) in [6, 6.07) is 7.45. The summed E-state index contributed by atoms with van der Waals surface area (Å²) in [5.41, 5.74) is 4.40. The molecule has 0 unspecified atom stereocenters. The minimum absolute atomic E-state index is 0.0860. The highest BCUT2D eigenvalue weighted by Gasteiger charge is 2.12. The molecule has 1 N–H and O–H groups in total. The first-order chi connectivity index (χ1) is 12.3. The van der Waals surface area contributed by atoms with Crippen molar-refractivity contribution in [2.24, 2.45) is 0 Å². The Bertz CT molecular complexity index is 1000. The van der Waals surface area contributed by atoms with Gasteiger partial charge in [0, 0.05) is 29.4 Å². The van der Waals surface area contributed by atoms with Crippen molar-refractivity contribution in [2.45, 2.75) is 27.3 Å². The summed E-state index contributed by atoms with van der Waals surface area (Å²) in [5, 5.41) is 4.89. The predicted molar refractivity (Wildman–Crippen MR) is 105 cm³/mol. The lowest BCUT2D eigenvalue weighted by molar-refractivity contribution is -0.117. The molecular formula is C19H22N4O2S. The first-order valence-electron chi connectivity index (χ1n) is 8.36. The van der Waals surface area contributed by atoms with Gasteiger partial charge in [-0.3, -0.25) is 18.9 Å². The van der Waals surface area contributed by atoms with E-state index in [1.165, 1.54) is 17.4 Å². The maximum Gasteiger partial charge on any atom is 0.259 e. The molecule has 136 valence electrons. The summed E-state index contributed by atoms with van der Waals surface area (Å²) in [6.07, 6.45) is 0. The molecule has 3 aromatic rings. The third-order valence-corrected chi connectivity index (χ3v) is 5.16. The third kappa shape index (κ3) is 3.84. The van der Waals surface area contributed by atoms with Crippen molar-refractivity contribution >= 4 is 27.9 Å². The van der Waals surface area contributed by atoms with Crippen molar-refractivity contribution in [3.63, 3.8) is 0 Å². The second kappa shape index (κ2) is 7.39. The lowest BCUT2D eigenvalue weighted by Crippen LogP contribution is -2.31. The molecule has 1 aromatic carbocycles. The summed E-state index contributed by atoms with van der Waals surface area (Å²) in [4.78, 5) is 31.6. The van der Waals surface area contributed by atoms with Gasteiger partial charge in [-0.2, -0.15) is 0 Å². The highest BCUT2D eigenvalue weighted by Crippen LogP contribution is 2.19. The van der Waals surface area contributed by atoms with E-state index in [-0.39, 0.29) is 18.0 Å². The van der Waals surface area contributed by atoms with Crippen LogP contribution in [0.15, 0.2) is 34.4 Å². The van der Waals surface area contributed by atoms with Gasteiger partial charge < -0.3 is 5.32 Å². The normalized spacial score (nSPS) is 11.3. The van der Waals surface area contributed by atoms with Gasteiger partial charge in [0.05, 0.1) is 12.2 Å². The van der Waals surface area contributed by atoms with Crippen LogP contribution in [-0.2, 0) is 11.3 Å². The number of carbonyl (C=O) groups excluding carboxylic acids is 1. The number of benzene rings is 1. The van der Waals surface area contributed by atoms with Crippen LogP contribution in [0.5, 0.6) is 0 Å². The van der Waals surface area contributed by atoms with Gasteiger partial charge in [0.1, 0.15) is 0 Å². The van der Waals surface area contributed by atoms with Crippen LogP contribution in [0.4, 0.5) is 5.69 Å². The molecule has 0 fully saturated rings. The van der Waals surface area contributed by atoms with E-state index in [0.29, 0.717) is 17.2 Å². The fourth-order valence-electron chi connectivity index (χ4n) is 2.95. The number of hydrogen-bond donors (Lipinski definition) is 1. The molecule has 0 saturated carbocycles. The Morgan fingerprint density at radius 2 is 1.96 bits per heavy atom. The summed E-state index contributed by atoms with van der Waals surface area (Å²) in [7, 11) is 1.84. The van der Waals surface area contributed by atoms with Gasteiger partial charge in [-0.25, -0.2) is 4.98 Å². The van der Waals surface area contributed by atoms with E-state index in [0.717, 1.165) is 22.5 Å². The zero-order chi connectivity index (χ0) is 18.8. The molecule has 0 spiro atoms. The number of aryl methyl sites for hydroxylation is 3. The van der Waals surface area contributed by atoms with Crippen molar-refractivity contribution in [2.75, 3.05) is 18.9 Å². The summed E-state index contributed by atoms with van der Waals surface area (Å²) in [6.45, 7) is 6.49. The monoisotopic (exact) mass is 370 g/mol. The number of rotatable bonds is 5. The fraction of sp³-hybridized carbons (Fsp3) is 0.316. The zero-order valence-electron chi connectivity index (χ0n) is 15.4. The molecule has 3 rings (SSSR count). The van der Waals surface area contributed by atoms with Gasteiger partial charge in [0.25, 0.3) is 5.56 Å². The molecule has 0 aliphatic heterocycles. The van der Waals surface area contributed by atoms with E-state index in [9.17, 15) is 9.59 Å². The highest BCUT2D eigenvalue weighted by atomic mass is 32.1. The number of carbonyl (C=O) groups is 1. The molecule has 0 aliphatic rings. The zero-order valence-corrected chi connectivity index (χ0v) is 16.2. The fourth-order valence-corrected chi connectivity index (χ4v) is 3.84. The number of para-hydroxylation sites is 1. The number of fused-ring (bicyclic) bond motifs is 1. The van der Waals surface area contributed by atoms with Crippen molar-refractivity contribution in [1.29, 1.82) is 0 Å². The molecule has 0 bridgehead atoms. The van der Waals surface area contributed by atoms with Crippen LogP contribution >= 0.6 is 11.3 Å². The maximum absolute atomic E-state index is 12.4. The van der Waals surface area contributed by atoms with Crippen LogP contribution in [0.1, 0.15) is 22.5 Å². The second-order valence-electron chi connectivity index (χ2n) is 6.57. The minimum Gasteiger partial charge on any atom is -0.324 e. The lowest BCUT2D eigenvalue weighted by Gasteiger charge is -2.17. The molecule has 2 aromatic heterocycles. The van der Waals surface area contributed by atoms with Gasteiger partial charge in [-0.15, -0.1) is 11.3 Å². The molecule has 0 saturated heterocycles. The Kier molecular flexibility index (Phi) is 5.20. The molecule has 0 atom stereocenters. The van der Waals surface area contributed by atoms with E-state index in [4.69, 9.17) is 0 Å². The van der Waals surface area contributed by atoms with E-state index in [1.807, 2.05) is 56.3 Å². The van der Waals surface area contributed by atoms with Crippen LogP contribution in [0.3, 0.4) is 0 Å². The first kappa shape index (κ1) is 18.3. The third-order valence-electron chi connectivity index (χ3n) is 4.22. The highest BCUT2D eigenvalue weighted by molar-refractivity contribution is 7.15. The second-order valence-corrected chi connectivity index (χ2v) is 7.40. The molecule has 2 heterocycles. The van der Waals surface area contributed by atoms with Gasteiger partial charge in [-0.1, -0.05) is 18.2 Å². The Morgan fingerprint density at radius 1 is 1.27 bits per heavy atom. The number of nitrogens with zero attached hydrogens (tertiary/aromatic N) is 3. The molecule has 7 heteroatoms. The van der Waals surface area contributed by atoms with Crippen LogP contribution in [0, 0.1) is 20.8 Å². The summed E-state index contributed by atoms with van der Waals surface area (Å²) >= 11 is 1.44. The van der Waals surface area contributed by atoms with Crippen molar-refractivity contribution in [1.82, 2.24) is 14.3 Å². The van der Waals surface area contributed by atoms with E-state index in [1.54, 1.807) is 4.40 Å². The van der Waals surface area contributed by atoms with Crippen LogP contribution in [0.25, 0.3) is 4.96 Å². The van der Waals surface area contributed by atoms with Crippen LogP contribution in [-0.4, -0.2) is 33.8 Å². The van der Waals surface area contributed by atoms with Gasteiger partial charge >= 0.3 is 0 Å². The molecular weight excluding hydrogens is 348 g/mol. The van der Waals surface area contributed by atoms with Crippen molar-refractivity contribution in [3.05, 3.63) is 62.5 Å². The number of thiazole rings is 1. The topological polar surface area (TPSA) is 66.7 Å². The Morgan fingerprint density at radius 3 is 2.65 bits per heavy atom. The van der Waals surface area contributed by atoms with Crippen molar-refractivity contribution in [3.8, 4) is 0 Å². The molecule has 0 radical (unpaired) electrons. The van der Waals surface area contributed by atoms with Gasteiger partial charge in [0.2, 0.25) is 5.91 Å². The number of nitrogens with one attached hydrogen (secondary N) is 1. The minimum atomic E-state index is -0.0883. The van der Waals surface area contributed by atoms with Crippen LogP contribution < -0.4 is 10.9 Å². The maximum atomic E-state index is 12.4. The summed E-state index contributed by atoms with van der Waals surface area (Å²) in [5.74, 6) is -0.0883. The first-order valence-corrected chi connectivity index (χ1v) is 9.24. The number of amides is 1. The Hall–Kier alpha value is -2.51. The molecule has 26 heavy (non-hydrogen) atoms. The number of aromatic nitrogens is 2.